The summed E-state index contributed by atoms with van der Waals surface area (Å²) < 4.78 is 5.24. The zero-order valence-electron chi connectivity index (χ0n) is 10.5. The molecule has 0 aliphatic carbocycles. The van der Waals surface area contributed by atoms with E-state index in [1.54, 1.807) is 11.8 Å². The predicted octanol–water partition coefficient (Wildman–Crippen LogP) is 2.69. The molecule has 0 fully saturated rings. The maximum Gasteiger partial charge on any atom is 0.246 e. The largest absolute Gasteiger partial charge is 0.337 e. The molecule has 92 valence electrons. The Bertz CT molecular complexity index is 321. The van der Waals surface area contributed by atoms with Gasteiger partial charge in [-0.15, -0.1) is 0 Å². The second-order valence-electron chi connectivity index (χ2n) is 4.24. The van der Waals surface area contributed by atoms with E-state index in [2.05, 4.69) is 24.0 Å². The van der Waals surface area contributed by atoms with Gasteiger partial charge in [-0.25, -0.2) is 0 Å². The molecule has 1 heterocycles. The standard InChI is InChI=1S/C11H21N3OS/c1-5-11(12,6-2)10-13-9(14-15-10)7-16-8(3)4/h8H,5-7,12H2,1-4H3. The minimum atomic E-state index is -0.465. The first kappa shape index (κ1) is 13.5. The molecule has 1 aromatic heterocycles. The summed E-state index contributed by atoms with van der Waals surface area (Å²) >= 11 is 1.80. The smallest absolute Gasteiger partial charge is 0.246 e. The third kappa shape index (κ3) is 3.22. The van der Waals surface area contributed by atoms with Gasteiger partial charge in [-0.3, -0.25) is 0 Å². The minimum absolute atomic E-state index is 0.465. The predicted molar refractivity (Wildman–Crippen MR) is 67.2 cm³/mol. The lowest BCUT2D eigenvalue weighted by Crippen LogP contribution is -2.35. The summed E-state index contributed by atoms with van der Waals surface area (Å²) in [6, 6.07) is 0. The van der Waals surface area contributed by atoms with Crippen LogP contribution in [-0.4, -0.2) is 15.4 Å². The normalized spacial score (nSPS) is 12.4. The van der Waals surface area contributed by atoms with Crippen molar-refractivity contribution < 1.29 is 4.52 Å². The lowest BCUT2D eigenvalue weighted by Gasteiger charge is -2.20. The van der Waals surface area contributed by atoms with Gasteiger partial charge in [0, 0.05) is 0 Å². The van der Waals surface area contributed by atoms with Crippen molar-refractivity contribution in [1.82, 2.24) is 10.1 Å². The molecule has 16 heavy (non-hydrogen) atoms. The van der Waals surface area contributed by atoms with Crippen LogP contribution >= 0.6 is 11.8 Å². The molecule has 0 atom stereocenters. The van der Waals surface area contributed by atoms with E-state index in [0.29, 0.717) is 11.1 Å². The number of nitrogens with zero attached hydrogens (tertiary/aromatic N) is 2. The summed E-state index contributed by atoms with van der Waals surface area (Å²) in [4.78, 5) is 4.37. The van der Waals surface area contributed by atoms with Crippen LogP contribution in [0.3, 0.4) is 0 Å². The topological polar surface area (TPSA) is 64.9 Å². The Morgan fingerprint density at radius 1 is 1.38 bits per heavy atom. The van der Waals surface area contributed by atoms with E-state index in [1.807, 2.05) is 13.8 Å². The Labute approximate surface area is 101 Å². The molecule has 5 heteroatoms. The van der Waals surface area contributed by atoms with Crippen LogP contribution in [0.25, 0.3) is 0 Å². The fraction of sp³-hybridized carbons (Fsp3) is 0.818. The van der Waals surface area contributed by atoms with Crippen LogP contribution in [0.5, 0.6) is 0 Å². The van der Waals surface area contributed by atoms with Crippen LogP contribution in [0.4, 0.5) is 0 Å². The van der Waals surface area contributed by atoms with Crippen LogP contribution < -0.4 is 5.73 Å². The number of hydrogen-bond donors (Lipinski definition) is 1. The van der Waals surface area contributed by atoms with Crippen molar-refractivity contribution in [2.75, 3.05) is 0 Å². The monoisotopic (exact) mass is 243 g/mol. The first-order valence-electron chi connectivity index (χ1n) is 5.75. The van der Waals surface area contributed by atoms with E-state index in [4.69, 9.17) is 10.3 Å². The van der Waals surface area contributed by atoms with Crippen molar-refractivity contribution in [2.24, 2.45) is 5.73 Å². The van der Waals surface area contributed by atoms with Crippen molar-refractivity contribution in [1.29, 1.82) is 0 Å². The maximum absolute atomic E-state index is 6.18. The maximum atomic E-state index is 6.18. The highest BCUT2D eigenvalue weighted by Gasteiger charge is 2.29. The van der Waals surface area contributed by atoms with Crippen LogP contribution in [0.15, 0.2) is 4.52 Å². The van der Waals surface area contributed by atoms with Gasteiger partial charge in [-0.1, -0.05) is 32.9 Å². The summed E-state index contributed by atoms with van der Waals surface area (Å²) in [7, 11) is 0. The van der Waals surface area contributed by atoms with Gasteiger partial charge in [0.2, 0.25) is 5.89 Å². The zero-order chi connectivity index (χ0) is 12.2. The van der Waals surface area contributed by atoms with Crippen LogP contribution in [0.1, 0.15) is 52.3 Å². The van der Waals surface area contributed by atoms with Gasteiger partial charge < -0.3 is 10.3 Å². The average Bonchev–Trinajstić information content (AvgIpc) is 2.74. The van der Waals surface area contributed by atoms with Crippen LogP contribution in [0, 0.1) is 0 Å². The Morgan fingerprint density at radius 3 is 2.50 bits per heavy atom. The quantitative estimate of drug-likeness (QED) is 0.832. The summed E-state index contributed by atoms with van der Waals surface area (Å²) in [6.07, 6.45) is 1.62. The molecule has 1 rings (SSSR count). The highest BCUT2D eigenvalue weighted by molar-refractivity contribution is 7.99. The fourth-order valence-corrected chi connectivity index (χ4v) is 1.91. The highest BCUT2D eigenvalue weighted by Crippen LogP contribution is 2.25. The molecule has 1 aromatic rings. The van der Waals surface area contributed by atoms with Gasteiger partial charge in [0.15, 0.2) is 5.82 Å². The van der Waals surface area contributed by atoms with Crippen molar-refractivity contribution in [3.05, 3.63) is 11.7 Å². The van der Waals surface area contributed by atoms with E-state index >= 15 is 0 Å². The molecule has 0 spiro atoms. The fourth-order valence-electron chi connectivity index (χ4n) is 1.31. The zero-order valence-corrected chi connectivity index (χ0v) is 11.3. The van der Waals surface area contributed by atoms with Crippen molar-refractivity contribution >= 4 is 11.8 Å². The van der Waals surface area contributed by atoms with Crippen LogP contribution in [-0.2, 0) is 11.3 Å². The third-order valence-electron chi connectivity index (χ3n) is 2.70. The molecule has 0 aliphatic heterocycles. The molecule has 4 nitrogen and oxygen atoms in total. The molecule has 0 aromatic carbocycles. The third-order valence-corrected chi connectivity index (χ3v) is 3.79. The number of nitrogens with two attached hydrogens (primary N) is 1. The molecule has 0 aliphatic rings. The summed E-state index contributed by atoms with van der Waals surface area (Å²) in [5, 5.41) is 4.53. The number of thioether (sulfide) groups is 1. The van der Waals surface area contributed by atoms with E-state index < -0.39 is 5.54 Å². The summed E-state index contributed by atoms with van der Waals surface area (Å²) in [5.74, 6) is 2.09. The second kappa shape index (κ2) is 5.68. The molecule has 0 bridgehead atoms. The lowest BCUT2D eigenvalue weighted by atomic mass is 9.94. The molecule has 0 saturated carbocycles. The van der Waals surface area contributed by atoms with E-state index in [9.17, 15) is 0 Å². The molecular weight excluding hydrogens is 222 g/mol. The highest BCUT2D eigenvalue weighted by atomic mass is 32.2. The summed E-state index contributed by atoms with van der Waals surface area (Å²) in [5.41, 5.74) is 5.72. The molecule has 0 amide bonds. The Kier molecular flexibility index (Phi) is 4.80. The van der Waals surface area contributed by atoms with E-state index in [1.165, 1.54) is 0 Å². The Hall–Kier alpha value is -0.550. The number of rotatable bonds is 6. The first-order valence-corrected chi connectivity index (χ1v) is 6.80. The van der Waals surface area contributed by atoms with Crippen LogP contribution in [0.2, 0.25) is 0 Å². The molecular formula is C11H21N3OS. The van der Waals surface area contributed by atoms with Gasteiger partial charge in [-0.05, 0) is 18.1 Å². The Morgan fingerprint density at radius 2 is 2.00 bits per heavy atom. The van der Waals surface area contributed by atoms with Gasteiger partial charge in [0.05, 0.1) is 11.3 Å². The minimum Gasteiger partial charge on any atom is -0.337 e. The van der Waals surface area contributed by atoms with E-state index in [0.717, 1.165) is 24.4 Å². The van der Waals surface area contributed by atoms with E-state index in [-0.39, 0.29) is 0 Å². The SMILES string of the molecule is CCC(N)(CC)c1nc(CSC(C)C)no1. The van der Waals surface area contributed by atoms with Crippen molar-refractivity contribution in [3.63, 3.8) is 0 Å². The molecule has 2 N–H and O–H groups in total. The van der Waals surface area contributed by atoms with Gasteiger partial charge in [-0.2, -0.15) is 16.7 Å². The number of aromatic nitrogens is 2. The second-order valence-corrected chi connectivity index (χ2v) is 5.80. The first-order chi connectivity index (χ1) is 7.51. The lowest BCUT2D eigenvalue weighted by molar-refractivity contribution is 0.267. The molecule has 0 unspecified atom stereocenters. The Balaban J connectivity index is 2.70. The molecule has 0 saturated heterocycles. The molecule has 0 radical (unpaired) electrons. The van der Waals surface area contributed by atoms with Crippen molar-refractivity contribution in [3.8, 4) is 0 Å². The van der Waals surface area contributed by atoms with Gasteiger partial charge >= 0.3 is 0 Å². The summed E-state index contributed by atoms with van der Waals surface area (Å²) in [6.45, 7) is 8.38. The van der Waals surface area contributed by atoms with Gasteiger partial charge in [0.1, 0.15) is 0 Å². The van der Waals surface area contributed by atoms with Crippen molar-refractivity contribution in [2.45, 2.75) is 57.1 Å². The number of hydrogen-bond acceptors (Lipinski definition) is 5. The van der Waals surface area contributed by atoms with Gasteiger partial charge in [0.25, 0.3) is 0 Å². The average molecular weight is 243 g/mol.